The number of carbonyl (C=O) groups is 1. The Kier molecular flexibility index (Phi) is 2.33. The molecule has 2 rings (SSSR count). The van der Waals surface area contributed by atoms with Crippen LogP contribution in [0.5, 0.6) is 0 Å². The Balaban J connectivity index is 2.33. The van der Waals surface area contributed by atoms with Gasteiger partial charge in [0.25, 0.3) is 0 Å². The third-order valence-electron chi connectivity index (χ3n) is 1.57. The maximum Gasteiger partial charge on any atom is 0.206 e. The second kappa shape index (κ2) is 3.47. The standard InChI is InChI=1S/C9H5BrO2S/c10-8-4-6(5-12-8)9(11)7-2-1-3-13-7/h1-5H. The van der Waals surface area contributed by atoms with E-state index in [1.807, 2.05) is 11.4 Å². The zero-order valence-corrected chi connectivity index (χ0v) is 8.89. The van der Waals surface area contributed by atoms with Crippen molar-refractivity contribution in [3.8, 4) is 0 Å². The molecule has 0 unspecified atom stereocenters. The van der Waals surface area contributed by atoms with Crippen LogP contribution in [0.4, 0.5) is 0 Å². The summed E-state index contributed by atoms with van der Waals surface area (Å²) in [7, 11) is 0. The monoisotopic (exact) mass is 256 g/mol. The quantitative estimate of drug-likeness (QED) is 0.772. The number of carbonyl (C=O) groups excluding carboxylic acids is 1. The van der Waals surface area contributed by atoms with Gasteiger partial charge in [0, 0.05) is 6.07 Å². The van der Waals surface area contributed by atoms with Crippen molar-refractivity contribution in [1.82, 2.24) is 0 Å². The van der Waals surface area contributed by atoms with E-state index in [9.17, 15) is 4.79 Å². The van der Waals surface area contributed by atoms with Gasteiger partial charge in [0.2, 0.25) is 5.78 Å². The van der Waals surface area contributed by atoms with Crippen LogP contribution >= 0.6 is 27.3 Å². The molecule has 4 heteroatoms. The summed E-state index contributed by atoms with van der Waals surface area (Å²) < 4.78 is 5.56. The number of ketones is 1. The van der Waals surface area contributed by atoms with E-state index in [1.165, 1.54) is 17.6 Å². The fourth-order valence-corrected chi connectivity index (χ4v) is 2.01. The summed E-state index contributed by atoms with van der Waals surface area (Å²) in [6.07, 6.45) is 1.45. The molecule has 0 fully saturated rings. The molecular formula is C9H5BrO2S. The molecule has 2 aromatic heterocycles. The Labute approximate surface area is 87.3 Å². The van der Waals surface area contributed by atoms with Gasteiger partial charge in [-0.2, -0.15) is 0 Å². The lowest BCUT2D eigenvalue weighted by Crippen LogP contribution is -1.95. The highest BCUT2D eigenvalue weighted by Gasteiger charge is 2.12. The third-order valence-corrected chi connectivity index (χ3v) is 2.86. The molecule has 66 valence electrons. The number of halogens is 1. The minimum Gasteiger partial charge on any atom is -0.457 e. The van der Waals surface area contributed by atoms with Crippen molar-refractivity contribution in [1.29, 1.82) is 0 Å². The van der Waals surface area contributed by atoms with E-state index < -0.39 is 0 Å². The molecule has 2 aromatic rings. The SMILES string of the molecule is O=C(c1coc(Br)c1)c1cccs1. The average Bonchev–Trinajstić information content (AvgIpc) is 2.72. The van der Waals surface area contributed by atoms with Gasteiger partial charge in [-0.15, -0.1) is 11.3 Å². The highest BCUT2D eigenvalue weighted by atomic mass is 79.9. The second-order valence-electron chi connectivity index (χ2n) is 2.45. The molecule has 0 amide bonds. The van der Waals surface area contributed by atoms with Gasteiger partial charge in [0.1, 0.15) is 6.26 Å². The van der Waals surface area contributed by atoms with Gasteiger partial charge in [-0.25, -0.2) is 0 Å². The van der Waals surface area contributed by atoms with Gasteiger partial charge in [0.05, 0.1) is 10.4 Å². The molecular weight excluding hydrogens is 252 g/mol. The molecule has 0 N–H and O–H groups in total. The Bertz CT molecular complexity index is 417. The molecule has 13 heavy (non-hydrogen) atoms. The maximum atomic E-state index is 11.7. The smallest absolute Gasteiger partial charge is 0.206 e. The van der Waals surface area contributed by atoms with Gasteiger partial charge in [-0.1, -0.05) is 6.07 Å². The first-order chi connectivity index (χ1) is 6.27. The van der Waals surface area contributed by atoms with Crippen LogP contribution in [0.3, 0.4) is 0 Å². The van der Waals surface area contributed by atoms with Crippen LogP contribution < -0.4 is 0 Å². The van der Waals surface area contributed by atoms with Crippen molar-refractivity contribution < 1.29 is 9.21 Å². The highest BCUT2D eigenvalue weighted by Crippen LogP contribution is 2.19. The molecule has 0 radical (unpaired) electrons. The van der Waals surface area contributed by atoms with Gasteiger partial charge in [0.15, 0.2) is 4.67 Å². The van der Waals surface area contributed by atoms with E-state index in [2.05, 4.69) is 15.9 Å². The van der Waals surface area contributed by atoms with Crippen LogP contribution in [0.1, 0.15) is 15.2 Å². The number of rotatable bonds is 2. The number of hydrogen-bond acceptors (Lipinski definition) is 3. The molecule has 0 spiro atoms. The summed E-state index contributed by atoms with van der Waals surface area (Å²) in [5.74, 6) is 0.00412. The van der Waals surface area contributed by atoms with Crippen LogP contribution in [0.2, 0.25) is 0 Å². The first-order valence-corrected chi connectivity index (χ1v) is 5.27. The Morgan fingerprint density at radius 2 is 2.38 bits per heavy atom. The van der Waals surface area contributed by atoms with E-state index in [4.69, 9.17) is 4.42 Å². The van der Waals surface area contributed by atoms with Crippen LogP contribution in [0.15, 0.2) is 38.9 Å². The van der Waals surface area contributed by atoms with Crippen molar-refractivity contribution in [3.63, 3.8) is 0 Å². The van der Waals surface area contributed by atoms with Crippen molar-refractivity contribution in [2.75, 3.05) is 0 Å². The lowest BCUT2D eigenvalue weighted by atomic mass is 10.2. The van der Waals surface area contributed by atoms with Gasteiger partial charge in [-0.05, 0) is 27.4 Å². The van der Waals surface area contributed by atoms with E-state index >= 15 is 0 Å². The zero-order valence-electron chi connectivity index (χ0n) is 6.49. The molecule has 0 aliphatic heterocycles. The second-order valence-corrected chi connectivity index (χ2v) is 4.18. The van der Waals surface area contributed by atoms with Crippen molar-refractivity contribution in [3.05, 3.63) is 45.0 Å². The van der Waals surface area contributed by atoms with E-state index in [0.717, 1.165) is 4.88 Å². The van der Waals surface area contributed by atoms with Crippen molar-refractivity contribution >= 4 is 33.0 Å². The Morgan fingerprint density at radius 1 is 1.54 bits per heavy atom. The number of furan rings is 1. The molecule has 0 atom stereocenters. The summed E-state index contributed by atoms with van der Waals surface area (Å²) in [5, 5.41) is 1.88. The topological polar surface area (TPSA) is 30.2 Å². The van der Waals surface area contributed by atoms with Gasteiger partial charge >= 0.3 is 0 Å². The zero-order chi connectivity index (χ0) is 9.26. The maximum absolute atomic E-state index is 11.7. The summed E-state index contributed by atoms with van der Waals surface area (Å²) in [5.41, 5.74) is 0.578. The Hall–Kier alpha value is -0.870. The highest BCUT2D eigenvalue weighted by molar-refractivity contribution is 9.10. The molecule has 0 saturated heterocycles. The largest absolute Gasteiger partial charge is 0.457 e. The summed E-state index contributed by atoms with van der Waals surface area (Å²) in [6, 6.07) is 5.32. The molecule has 2 heterocycles. The lowest BCUT2D eigenvalue weighted by Gasteiger charge is -1.89. The van der Waals surface area contributed by atoms with Crippen LogP contribution in [0, 0.1) is 0 Å². The van der Waals surface area contributed by atoms with Crippen molar-refractivity contribution in [2.24, 2.45) is 0 Å². The van der Waals surface area contributed by atoms with Crippen molar-refractivity contribution in [2.45, 2.75) is 0 Å². The molecule has 0 aliphatic rings. The van der Waals surface area contributed by atoms with Gasteiger partial charge in [-0.3, -0.25) is 4.79 Å². The predicted octanol–water partition coefficient (Wildman–Crippen LogP) is 3.33. The molecule has 0 aliphatic carbocycles. The molecule has 0 bridgehead atoms. The summed E-state index contributed by atoms with van der Waals surface area (Å²) >= 11 is 4.58. The molecule has 0 aromatic carbocycles. The van der Waals surface area contributed by atoms with Crippen LogP contribution in [-0.2, 0) is 0 Å². The minimum atomic E-state index is 0.00412. The normalized spacial score (nSPS) is 10.2. The molecule has 0 saturated carbocycles. The first-order valence-electron chi connectivity index (χ1n) is 3.59. The summed E-state index contributed by atoms with van der Waals surface area (Å²) in [6.45, 7) is 0. The number of thiophene rings is 1. The van der Waals surface area contributed by atoms with E-state index in [0.29, 0.717) is 10.2 Å². The predicted molar refractivity (Wildman–Crippen MR) is 54.2 cm³/mol. The first kappa shape index (κ1) is 8.72. The van der Waals surface area contributed by atoms with Crippen LogP contribution in [0.25, 0.3) is 0 Å². The third kappa shape index (κ3) is 1.73. The average molecular weight is 257 g/mol. The van der Waals surface area contributed by atoms with E-state index in [1.54, 1.807) is 12.1 Å². The Morgan fingerprint density at radius 3 is 2.92 bits per heavy atom. The van der Waals surface area contributed by atoms with Gasteiger partial charge < -0.3 is 4.42 Å². The lowest BCUT2D eigenvalue weighted by molar-refractivity contribution is 0.104. The number of hydrogen-bond donors (Lipinski definition) is 0. The van der Waals surface area contributed by atoms with Crippen LogP contribution in [-0.4, -0.2) is 5.78 Å². The summed E-state index contributed by atoms with van der Waals surface area (Å²) in [4.78, 5) is 12.4. The fraction of sp³-hybridized carbons (Fsp3) is 0. The van der Waals surface area contributed by atoms with E-state index in [-0.39, 0.29) is 5.78 Å². The molecule has 2 nitrogen and oxygen atoms in total. The fourth-order valence-electron chi connectivity index (χ4n) is 0.979. The minimum absolute atomic E-state index is 0.00412.